The van der Waals surface area contributed by atoms with Crippen LogP contribution in [0.3, 0.4) is 0 Å². The maximum absolute atomic E-state index is 15.0. The minimum atomic E-state index is -0.873. The number of carbonyl (C=O) groups is 4. The van der Waals surface area contributed by atoms with Gasteiger partial charge in [-0.15, -0.1) is 0 Å². The summed E-state index contributed by atoms with van der Waals surface area (Å²) >= 11 is 0. The Morgan fingerprint density at radius 1 is 1.19 bits per heavy atom. The Balaban J connectivity index is 1.35. The molecule has 2 aromatic rings. The number of rotatable bonds is 6. The van der Waals surface area contributed by atoms with E-state index in [1.807, 2.05) is 0 Å². The molecule has 0 radical (unpaired) electrons. The van der Waals surface area contributed by atoms with Crippen molar-refractivity contribution < 1.29 is 33.0 Å². The number of hydrogen-bond donors (Lipinski definition) is 1. The van der Waals surface area contributed by atoms with Gasteiger partial charge in [0.1, 0.15) is 5.82 Å². The molecule has 2 amide bonds. The van der Waals surface area contributed by atoms with Gasteiger partial charge >= 0.3 is 11.9 Å². The van der Waals surface area contributed by atoms with Gasteiger partial charge in [-0.2, -0.15) is 0 Å². The third kappa shape index (κ3) is 5.35. The summed E-state index contributed by atoms with van der Waals surface area (Å²) in [6, 6.07) is 7.62. The van der Waals surface area contributed by atoms with E-state index in [0.29, 0.717) is 43.0 Å². The van der Waals surface area contributed by atoms with Crippen LogP contribution in [-0.2, 0) is 23.9 Å². The molecule has 0 unspecified atom stereocenters. The fourth-order valence-electron chi connectivity index (χ4n) is 4.12. The lowest BCUT2D eigenvalue weighted by Crippen LogP contribution is -2.50. The second-order valence-corrected chi connectivity index (χ2v) is 8.40. The van der Waals surface area contributed by atoms with E-state index >= 15 is 4.39 Å². The summed E-state index contributed by atoms with van der Waals surface area (Å²) in [6.07, 6.45) is 2.02. The fourth-order valence-corrected chi connectivity index (χ4v) is 4.12. The molecule has 1 atom stereocenters. The van der Waals surface area contributed by atoms with Crippen molar-refractivity contribution in [1.29, 1.82) is 0 Å². The van der Waals surface area contributed by atoms with E-state index in [2.05, 4.69) is 10.3 Å². The molecule has 0 bridgehead atoms. The summed E-state index contributed by atoms with van der Waals surface area (Å²) in [5.74, 6) is -2.46. The van der Waals surface area contributed by atoms with Crippen LogP contribution < -0.4 is 10.2 Å². The zero-order chi connectivity index (χ0) is 25.8. The Labute approximate surface area is 206 Å². The molecule has 0 saturated carbocycles. The second-order valence-electron chi connectivity index (χ2n) is 8.40. The third-order valence-electron chi connectivity index (χ3n) is 5.98. The van der Waals surface area contributed by atoms with Gasteiger partial charge in [0, 0.05) is 51.1 Å². The van der Waals surface area contributed by atoms with E-state index < -0.39 is 24.0 Å². The van der Waals surface area contributed by atoms with E-state index in [1.165, 1.54) is 25.4 Å². The van der Waals surface area contributed by atoms with Gasteiger partial charge in [0.05, 0.1) is 16.8 Å². The molecule has 0 aliphatic carbocycles. The number of anilines is 1. The lowest BCUT2D eigenvalue weighted by molar-refractivity contribution is -0.140. The van der Waals surface area contributed by atoms with Gasteiger partial charge in [-0.05, 0) is 36.8 Å². The number of pyridine rings is 1. The van der Waals surface area contributed by atoms with E-state index in [0.717, 1.165) is 0 Å². The molecule has 1 aromatic carbocycles. The summed E-state index contributed by atoms with van der Waals surface area (Å²) in [4.78, 5) is 55.3. The molecule has 3 heterocycles. The Morgan fingerprint density at radius 2 is 1.94 bits per heavy atom. The molecule has 2 aliphatic heterocycles. The van der Waals surface area contributed by atoms with Crippen molar-refractivity contribution in [1.82, 2.24) is 15.2 Å². The normalized spacial score (nSPS) is 17.6. The number of nitrogens with one attached hydrogen (secondary N) is 1. The van der Waals surface area contributed by atoms with Crippen LogP contribution in [0.1, 0.15) is 29.8 Å². The molecule has 0 spiro atoms. The van der Waals surface area contributed by atoms with Crippen LogP contribution in [0.25, 0.3) is 5.57 Å². The van der Waals surface area contributed by atoms with Crippen molar-refractivity contribution in [2.24, 2.45) is 0 Å². The fraction of sp³-hybridized carbons (Fsp3) is 0.320. The van der Waals surface area contributed by atoms with Gasteiger partial charge < -0.3 is 24.6 Å². The van der Waals surface area contributed by atoms with Crippen LogP contribution >= 0.6 is 0 Å². The smallest absolute Gasteiger partial charge is 0.341 e. The molecule has 1 N–H and O–H groups in total. The quantitative estimate of drug-likeness (QED) is 0.598. The molecule has 4 rings (SSSR count). The molecule has 2 aliphatic rings. The first-order valence-electron chi connectivity index (χ1n) is 11.3. The van der Waals surface area contributed by atoms with Gasteiger partial charge in [0.2, 0.25) is 5.91 Å². The number of hydrogen-bond acceptors (Lipinski definition) is 8. The van der Waals surface area contributed by atoms with Gasteiger partial charge in [-0.25, -0.2) is 14.0 Å². The van der Waals surface area contributed by atoms with Crippen LogP contribution in [0.5, 0.6) is 0 Å². The number of piperazine rings is 1. The predicted octanol–water partition coefficient (Wildman–Crippen LogP) is 1.52. The van der Waals surface area contributed by atoms with Crippen molar-refractivity contribution in [2.45, 2.75) is 20.1 Å². The van der Waals surface area contributed by atoms with Crippen LogP contribution in [-0.4, -0.2) is 72.7 Å². The average molecular weight is 496 g/mol. The van der Waals surface area contributed by atoms with Gasteiger partial charge in [0.25, 0.3) is 5.91 Å². The first kappa shape index (κ1) is 24.8. The molecule has 1 fully saturated rings. The second kappa shape index (κ2) is 10.5. The molecular formula is C25H25FN4O6. The van der Waals surface area contributed by atoms with Crippen molar-refractivity contribution >= 4 is 35.0 Å². The Morgan fingerprint density at radius 3 is 2.58 bits per heavy atom. The summed E-state index contributed by atoms with van der Waals surface area (Å²) < 4.78 is 25.3. The summed E-state index contributed by atoms with van der Waals surface area (Å²) in [6.45, 7) is 4.01. The van der Waals surface area contributed by atoms with Crippen LogP contribution in [0.2, 0.25) is 0 Å². The topological polar surface area (TPSA) is 118 Å². The number of nitrogens with zero attached hydrogens (tertiary/aromatic N) is 3. The van der Waals surface area contributed by atoms with Crippen LogP contribution in [0.15, 0.2) is 48.3 Å². The summed E-state index contributed by atoms with van der Waals surface area (Å²) in [7, 11) is 0. The largest absolute Gasteiger partial charge is 0.452 e. The third-order valence-corrected chi connectivity index (χ3v) is 5.98. The zero-order valence-electron chi connectivity index (χ0n) is 19.8. The highest BCUT2D eigenvalue weighted by Crippen LogP contribution is 2.32. The van der Waals surface area contributed by atoms with Crippen LogP contribution in [0, 0.1) is 5.82 Å². The van der Waals surface area contributed by atoms with Crippen molar-refractivity contribution in [3.8, 4) is 0 Å². The minimum absolute atomic E-state index is 0.218. The van der Waals surface area contributed by atoms with E-state index in [-0.39, 0.29) is 29.6 Å². The summed E-state index contributed by atoms with van der Waals surface area (Å²) in [5.41, 5.74) is 1.68. The van der Waals surface area contributed by atoms with Crippen molar-refractivity contribution in [3.05, 3.63) is 65.2 Å². The predicted molar refractivity (Wildman–Crippen MR) is 126 cm³/mol. The molecule has 36 heavy (non-hydrogen) atoms. The van der Waals surface area contributed by atoms with E-state index in [9.17, 15) is 19.2 Å². The maximum Gasteiger partial charge on any atom is 0.341 e. The highest BCUT2D eigenvalue weighted by atomic mass is 19.1. The first-order chi connectivity index (χ1) is 17.2. The van der Waals surface area contributed by atoms with Gasteiger partial charge in [-0.1, -0.05) is 6.07 Å². The molecule has 1 aromatic heterocycles. The molecule has 11 heteroatoms. The maximum atomic E-state index is 15.0. The van der Waals surface area contributed by atoms with Crippen LogP contribution in [0.4, 0.5) is 10.1 Å². The standard InChI is InChI=1S/C25H25FN4O6/c1-15-22(25(34)36-23(15)28-16(2)31)17-5-6-20(19(26)12-17)29-8-10-30(11-9-29)21(32)14-35-24(33)18-4-3-7-27-13-18/h3-7,12-13,23H,8-11,14H2,1-2H3,(H,28,31)/t23-/m1/s1. The minimum Gasteiger partial charge on any atom is -0.452 e. The highest BCUT2D eigenvalue weighted by Gasteiger charge is 2.33. The molecular weight excluding hydrogens is 471 g/mol. The number of aromatic nitrogens is 1. The van der Waals surface area contributed by atoms with Crippen molar-refractivity contribution in [3.63, 3.8) is 0 Å². The number of ether oxygens (including phenoxy) is 2. The van der Waals surface area contributed by atoms with Gasteiger partial charge in [0.15, 0.2) is 12.8 Å². The van der Waals surface area contributed by atoms with E-state index in [1.54, 1.807) is 41.0 Å². The number of amides is 2. The lowest BCUT2D eigenvalue weighted by atomic mass is 10.0. The number of benzene rings is 1. The van der Waals surface area contributed by atoms with Crippen molar-refractivity contribution in [2.75, 3.05) is 37.7 Å². The SMILES string of the molecule is CC(=O)N[C@@H]1OC(=O)C(c2ccc(N3CCN(C(=O)COC(=O)c4cccnc4)CC3)c(F)c2)=C1C. The summed E-state index contributed by atoms with van der Waals surface area (Å²) in [5, 5.41) is 2.53. The Hall–Kier alpha value is -4.28. The Bertz CT molecular complexity index is 1220. The molecule has 1 saturated heterocycles. The Kier molecular flexibility index (Phi) is 7.28. The first-order valence-corrected chi connectivity index (χ1v) is 11.3. The average Bonchev–Trinajstić information content (AvgIpc) is 3.14. The van der Waals surface area contributed by atoms with Gasteiger partial charge in [-0.3, -0.25) is 14.6 Å². The number of esters is 2. The number of carbonyl (C=O) groups excluding carboxylic acids is 4. The van der Waals surface area contributed by atoms with E-state index in [4.69, 9.17) is 9.47 Å². The highest BCUT2D eigenvalue weighted by molar-refractivity contribution is 6.19. The monoisotopic (exact) mass is 496 g/mol. The number of halogens is 1. The molecule has 188 valence electrons. The lowest BCUT2D eigenvalue weighted by Gasteiger charge is -2.36. The number of cyclic esters (lactones) is 1. The zero-order valence-corrected chi connectivity index (χ0v) is 19.8. The molecule has 10 nitrogen and oxygen atoms in total.